The van der Waals surface area contributed by atoms with Gasteiger partial charge in [-0.05, 0) is 18.2 Å². The SMILES string of the molecule is COc1nc(-c2cccc(OCCO)c2)c2ccccc2n1. The van der Waals surface area contributed by atoms with Gasteiger partial charge in [-0.2, -0.15) is 9.97 Å². The number of aliphatic hydroxyl groups excluding tert-OH is 1. The Bertz CT molecular complexity index is 790. The van der Waals surface area contributed by atoms with Crippen LogP contribution in [0.5, 0.6) is 11.8 Å². The molecule has 1 heterocycles. The number of hydrogen-bond donors (Lipinski definition) is 1. The largest absolute Gasteiger partial charge is 0.491 e. The maximum absolute atomic E-state index is 8.86. The minimum Gasteiger partial charge on any atom is -0.491 e. The lowest BCUT2D eigenvalue weighted by Gasteiger charge is -2.10. The van der Waals surface area contributed by atoms with E-state index in [-0.39, 0.29) is 13.2 Å². The van der Waals surface area contributed by atoms with Crippen molar-refractivity contribution in [3.63, 3.8) is 0 Å². The molecule has 2 aromatic carbocycles. The number of rotatable bonds is 5. The van der Waals surface area contributed by atoms with E-state index in [9.17, 15) is 0 Å². The molecule has 0 spiro atoms. The molecule has 0 radical (unpaired) electrons. The highest BCUT2D eigenvalue weighted by molar-refractivity contribution is 5.92. The van der Waals surface area contributed by atoms with Gasteiger partial charge in [0.25, 0.3) is 0 Å². The Morgan fingerprint density at radius 2 is 1.91 bits per heavy atom. The van der Waals surface area contributed by atoms with Crippen LogP contribution >= 0.6 is 0 Å². The Hall–Kier alpha value is -2.66. The fraction of sp³-hybridized carbons (Fsp3) is 0.176. The Labute approximate surface area is 128 Å². The van der Waals surface area contributed by atoms with Crippen molar-refractivity contribution in [2.24, 2.45) is 0 Å². The van der Waals surface area contributed by atoms with Gasteiger partial charge in [-0.15, -0.1) is 0 Å². The van der Waals surface area contributed by atoms with E-state index in [0.717, 1.165) is 22.2 Å². The van der Waals surface area contributed by atoms with E-state index in [0.29, 0.717) is 11.8 Å². The number of aromatic nitrogens is 2. The van der Waals surface area contributed by atoms with Crippen molar-refractivity contribution in [3.05, 3.63) is 48.5 Å². The standard InChI is InChI=1S/C17H16N2O3/c1-21-17-18-15-8-3-2-7-14(15)16(19-17)12-5-4-6-13(11-12)22-10-9-20/h2-8,11,20H,9-10H2,1H3. The van der Waals surface area contributed by atoms with Crippen LogP contribution in [0.25, 0.3) is 22.2 Å². The summed E-state index contributed by atoms with van der Waals surface area (Å²) in [6.45, 7) is 0.242. The highest BCUT2D eigenvalue weighted by Gasteiger charge is 2.10. The zero-order valence-corrected chi connectivity index (χ0v) is 12.2. The van der Waals surface area contributed by atoms with Gasteiger partial charge in [0, 0.05) is 10.9 Å². The summed E-state index contributed by atoms with van der Waals surface area (Å²) in [4.78, 5) is 8.83. The quantitative estimate of drug-likeness (QED) is 0.784. The molecule has 112 valence electrons. The summed E-state index contributed by atoms with van der Waals surface area (Å²) < 4.78 is 10.7. The summed E-state index contributed by atoms with van der Waals surface area (Å²) in [5.74, 6) is 0.688. The average molecular weight is 296 g/mol. The monoisotopic (exact) mass is 296 g/mol. The molecule has 0 aliphatic rings. The Morgan fingerprint density at radius 1 is 1.05 bits per heavy atom. The predicted octanol–water partition coefficient (Wildman–Crippen LogP) is 2.68. The summed E-state index contributed by atoms with van der Waals surface area (Å²) in [5.41, 5.74) is 2.52. The lowest BCUT2D eigenvalue weighted by molar-refractivity contribution is 0.201. The van der Waals surface area contributed by atoms with Crippen LogP contribution in [0.3, 0.4) is 0 Å². The van der Waals surface area contributed by atoms with Crippen LogP contribution in [-0.2, 0) is 0 Å². The zero-order chi connectivity index (χ0) is 15.4. The van der Waals surface area contributed by atoms with E-state index in [2.05, 4.69) is 9.97 Å². The minimum absolute atomic E-state index is 0.0194. The van der Waals surface area contributed by atoms with Gasteiger partial charge in [-0.25, -0.2) is 0 Å². The molecule has 0 aliphatic carbocycles. The van der Waals surface area contributed by atoms with Crippen LogP contribution in [0.15, 0.2) is 48.5 Å². The van der Waals surface area contributed by atoms with E-state index in [1.165, 1.54) is 0 Å². The first-order valence-corrected chi connectivity index (χ1v) is 6.96. The minimum atomic E-state index is -0.0194. The van der Waals surface area contributed by atoms with E-state index in [1.54, 1.807) is 7.11 Å². The van der Waals surface area contributed by atoms with Crippen molar-refractivity contribution in [3.8, 4) is 23.0 Å². The third-order valence-corrected chi connectivity index (χ3v) is 3.23. The molecule has 0 amide bonds. The maximum atomic E-state index is 8.86. The molecule has 5 nitrogen and oxygen atoms in total. The summed E-state index contributed by atoms with van der Waals surface area (Å²) in [7, 11) is 1.55. The molecule has 1 N–H and O–H groups in total. The Morgan fingerprint density at radius 3 is 2.73 bits per heavy atom. The number of methoxy groups -OCH3 is 1. The lowest BCUT2D eigenvalue weighted by Crippen LogP contribution is -2.01. The second kappa shape index (κ2) is 6.41. The van der Waals surface area contributed by atoms with Crippen LogP contribution in [0.1, 0.15) is 0 Å². The summed E-state index contributed by atoms with van der Waals surface area (Å²) >= 11 is 0. The average Bonchev–Trinajstić information content (AvgIpc) is 2.59. The molecule has 0 saturated carbocycles. The number of benzene rings is 2. The van der Waals surface area contributed by atoms with Crippen LogP contribution in [0, 0.1) is 0 Å². The van der Waals surface area contributed by atoms with Gasteiger partial charge in [0.15, 0.2) is 0 Å². The Kier molecular flexibility index (Phi) is 4.16. The number of nitrogens with zero attached hydrogens (tertiary/aromatic N) is 2. The van der Waals surface area contributed by atoms with Gasteiger partial charge in [-0.3, -0.25) is 0 Å². The zero-order valence-electron chi connectivity index (χ0n) is 12.2. The number of fused-ring (bicyclic) bond motifs is 1. The van der Waals surface area contributed by atoms with Gasteiger partial charge >= 0.3 is 6.01 Å². The predicted molar refractivity (Wildman–Crippen MR) is 84.1 cm³/mol. The third-order valence-electron chi connectivity index (χ3n) is 3.23. The lowest BCUT2D eigenvalue weighted by atomic mass is 10.1. The van der Waals surface area contributed by atoms with Gasteiger partial charge < -0.3 is 14.6 Å². The molecular weight excluding hydrogens is 280 g/mol. The van der Waals surface area contributed by atoms with Crippen molar-refractivity contribution in [2.45, 2.75) is 0 Å². The Balaban J connectivity index is 2.12. The van der Waals surface area contributed by atoms with Crippen LogP contribution in [0.2, 0.25) is 0 Å². The van der Waals surface area contributed by atoms with Crippen molar-refractivity contribution in [2.75, 3.05) is 20.3 Å². The van der Waals surface area contributed by atoms with E-state index in [4.69, 9.17) is 14.6 Å². The number of ether oxygens (including phenoxy) is 2. The molecule has 3 rings (SSSR count). The van der Waals surface area contributed by atoms with Gasteiger partial charge in [0.2, 0.25) is 0 Å². The molecule has 3 aromatic rings. The molecule has 5 heteroatoms. The molecule has 0 unspecified atom stereocenters. The molecule has 1 aromatic heterocycles. The van der Waals surface area contributed by atoms with Crippen LogP contribution in [0.4, 0.5) is 0 Å². The van der Waals surface area contributed by atoms with Crippen molar-refractivity contribution in [1.82, 2.24) is 9.97 Å². The highest BCUT2D eigenvalue weighted by atomic mass is 16.5. The topological polar surface area (TPSA) is 64.5 Å². The van der Waals surface area contributed by atoms with Crippen LogP contribution in [-0.4, -0.2) is 35.4 Å². The number of hydrogen-bond acceptors (Lipinski definition) is 5. The first kappa shape index (κ1) is 14.3. The van der Waals surface area contributed by atoms with Gasteiger partial charge in [-0.1, -0.05) is 30.3 Å². The first-order valence-electron chi connectivity index (χ1n) is 6.96. The highest BCUT2D eigenvalue weighted by Crippen LogP contribution is 2.29. The fourth-order valence-corrected chi connectivity index (χ4v) is 2.26. The molecule has 0 atom stereocenters. The molecular formula is C17H16N2O3. The van der Waals surface area contributed by atoms with E-state index >= 15 is 0 Å². The number of para-hydroxylation sites is 1. The normalized spacial score (nSPS) is 10.6. The molecule has 0 bridgehead atoms. The summed E-state index contributed by atoms with van der Waals surface area (Å²) in [6.07, 6.45) is 0. The third kappa shape index (κ3) is 2.84. The van der Waals surface area contributed by atoms with Crippen LogP contribution < -0.4 is 9.47 Å². The molecule has 0 fully saturated rings. The molecule has 0 saturated heterocycles. The molecule has 22 heavy (non-hydrogen) atoms. The van der Waals surface area contributed by atoms with Gasteiger partial charge in [0.05, 0.1) is 24.9 Å². The first-order chi connectivity index (χ1) is 10.8. The number of aliphatic hydroxyl groups is 1. The maximum Gasteiger partial charge on any atom is 0.317 e. The summed E-state index contributed by atoms with van der Waals surface area (Å²) in [6, 6.07) is 15.7. The van der Waals surface area contributed by atoms with Crippen molar-refractivity contribution < 1.29 is 14.6 Å². The summed E-state index contributed by atoms with van der Waals surface area (Å²) in [5, 5.41) is 9.81. The second-order valence-corrected chi connectivity index (χ2v) is 4.68. The molecule has 0 aliphatic heterocycles. The second-order valence-electron chi connectivity index (χ2n) is 4.68. The fourth-order valence-electron chi connectivity index (χ4n) is 2.26. The van der Waals surface area contributed by atoms with Crippen molar-refractivity contribution in [1.29, 1.82) is 0 Å². The smallest absolute Gasteiger partial charge is 0.317 e. The van der Waals surface area contributed by atoms with Crippen molar-refractivity contribution >= 4 is 10.9 Å². The van der Waals surface area contributed by atoms with E-state index < -0.39 is 0 Å². The van der Waals surface area contributed by atoms with Gasteiger partial charge in [0.1, 0.15) is 12.4 Å². The van der Waals surface area contributed by atoms with E-state index in [1.807, 2.05) is 48.5 Å².